The van der Waals surface area contributed by atoms with Crippen LogP contribution in [0.15, 0.2) is 24.3 Å². The summed E-state index contributed by atoms with van der Waals surface area (Å²) in [6.07, 6.45) is 2.30. The van der Waals surface area contributed by atoms with Gasteiger partial charge in [-0.1, -0.05) is 12.1 Å². The lowest BCUT2D eigenvalue weighted by atomic mass is 10.2. The van der Waals surface area contributed by atoms with E-state index in [1.54, 1.807) is 6.07 Å². The predicted octanol–water partition coefficient (Wildman–Crippen LogP) is 1.11. The molecule has 6 heteroatoms. The van der Waals surface area contributed by atoms with E-state index in [1.807, 2.05) is 12.1 Å². The van der Waals surface area contributed by atoms with Crippen LogP contribution in [0.25, 0.3) is 0 Å². The van der Waals surface area contributed by atoms with Gasteiger partial charge in [-0.2, -0.15) is 0 Å². The molecule has 1 fully saturated rings. The zero-order valence-electron chi connectivity index (χ0n) is 12.2. The maximum atomic E-state index is 13.7. The van der Waals surface area contributed by atoms with E-state index in [0.29, 0.717) is 12.1 Å². The number of carbonyl (C=O) groups excluding carboxylic acids is 1. The molecule has 1 amide bonds. The van der Waals surface area contributed by atoms with E-state index >= 15 is 0 Å². The van der Waals surface area contributed by atoms with Gasteiger partial charge in [-0.3, -0.25) is 15.1 Å². The van der Waals surface area contributed by atoms with Crippen molar-refractivity contribution in [1.29, 1.82) is 0 Å². The van der Waals surface area contributed by atoms with Gasteiger partial charge < -0.3 is 4.90 Å². The van der Waals surface area contributed by atoms with Gasteiger partial charge in [0.05, 0.1) is 5.69 Å². The number of hydrogen-bond donors (Lipinski definition) is 2. The largest absolute Gasteiger partial charge is 0.367 e. The number of benzene rings is 1. The number of nitrogens with zero attached hydrogens (tertiary/aromatic N) is 2. The van der Waals surface area contributed by atoms with Crippen molar-refractivity contribution in [3.8, 4) is 0 Å². The number of piperazine rings is 1. The molecule has 0 atom stereocenters. The number of anilines is 1. The van der Waals surface area contributed by atoms with Gasteiger partial charge in [0, 0.05) is 32.6 Å². The molecule has 1 saturated heterocycles. The van der Waals surface area contributed by atoms with Crippen LogP contribution in [0, 0.1) is 5.82 Å². The van der Waals surface area contributed by atoms with Crippen molar-refractivity contribution in [2.75, 3.05) is 37.6 Å². The molecule has 0 radical (unpaired) electrons. The second-order valence-corrected chi connectivity index (χ2v) is 5.30. The Hall–Kier alpha value is -1.66. The summed E-state index contributed by atoms with van der Waals surface area (Å²) in [5, 5.41) is 0. The van der Waals surface area contributed by atoms with Gasteiger partial charge in [0.25, 0.3) is 0 Å². The highest BCUT2D eigenvalue weighted by atomic mass is 19.1. The summed E-state index contributed by atoms with van der Waals surface area (Å²) in [4.78, 5) is 15.5. The van der Waals surface area contributed by atoms with Gasteiger partial charge >= 0.3 is 0 Å². The summed E-state index contributed by atoms with van der Waals surface area (Å²) < 4.78 is 13.7. The first-order chi connectivity index (χ1) is 10.2. The van der Waals surface area contributed by atoms with Crippen molar-refractivity contribution in [2.45, 2.75) is 19.3 Å². The lowest BCUT2D eigenvalue weighted by Gasteiger charge is -2.36. The SMILES string of the molecule is NNC(=O)CCCCN1CCN(c2ccccc2F)CC1. The minimum atomic E-state index is -0.154. The summed E-state index contributed by atoms with van der Waals surface area (Å²) in [6, 6.07) is 6.92. The molecule has 1 aliphatic rings. The molecule has 1 aromatic carbocycles. The molecule has 1 aromatic rings. The number of hydrazine groups is 1. The van der Waals surface area contributed by atoms with Crippen molar-refractivity contribution in [3.63, 3.8) is 0 Å². The van der Waals surface area contributed by atoms with Gasteiger partial charge in [-0.15, -0.1) is 0 Å². The molecule has 0 aromatic heterocycles. The summed E-state index contributed by atoms with van der Waals surface area (Å²) in [7, 11) is 0. The first kappa shape index (κ1) is 15.7. The predicted molar refractivity (Wildman–Crippen MR) is 81.2 cm³/mol. The average molecular weight is 294 g/mol. The zero-order chi connectivity index (χ0) is 15.1. The monoisotopic (exact) mass is 294 g/mol. The van der Waals surface area contributed by atoms with E-state index in [1.165, 1.54) is 6.07 Å². The summed E-state index contributed by atoms with van der Waals surface area (Å²) >= 11 is 0. The Bertz CT molecular complexity index is 461. The van der Waals surface area contributed by atoms with Crippen LogP contribution in [0.1, 0.15) is 19.3 Å². The lowest BCUT2D eigenvalue weighted by molar-refractivity contribution is -0.121. The number of carbonyl (C=O) groups is 1. The molecule has 3 N–H and O–H groups in total. The fourth-order valence-electron chi connectivity index (χ4n) is 2.61. The molecule has 0 aliphatic carbocycles. The normalized spacial score (nSPS) is 16.0. The number of para-hydroxylation sites is 1. The highest BCUT2D eigenvalue weighted by Crippen LogP contribution is 2.20. The Kier molecular flexibility index (Phi) is 5.95. The Labute approximate surface area is 124 Å². The highest BCUT2D eigenvalue weighted by Gasteiger charge is 2.18. The summed E-state index contributed by atoms with van der Waals surface area (Å²) in [5.74, 6) is 4.77. The van der Waals surface area contributed by atoms with Crippen molar-refractivity contribution < 1.29 is 9.18 Å². The molecule has 116 valence electrons. The molecule has 5 nitrogen and oxygen atoms in total. The number of unbranched alkanes of at least 4 members (excludes halogenated alkanes) is 1. The minimum absolute atomic E-state index is 0.112. The quantitative estimate of drug-likeness (QED) is 0.357. The molecule has 0 saturated carbocycles. The van der Waals surface area contributed by atoms with E-state index in [0.717, 1.165) is 45.6 Å². The van der Waals surface area contributed by atoms with Crippen molar-refractivity contribution in [2.24, 2.45) is 5.84 Å². The molecule has 0 spiro atoms. The van der Waals surface area contributed by atoms with E-state index < -0.39 is 0 Å². The zero-order valence-corrected chi connectivity index (χ0v) is 12.2. The molecule has 2 rings (SSSR count). The third-order valence-electron chi connectivity index (χ3n) is 3.85. The molecule has 1 heterocycles. The number of rotatable bonds is 6. The van der Waals surface area contributed by atoms with Gasteiger partial charge in [0.1, 0.15) is 5.82 Å². The van der Waals surface area contributed by atoms with Gasteiger partial charge in [-0.25, -0.2) is 10.2 Å². The van der Waals surface area contributed by atoms with E-state index in [-0.39, 0.29) is 11.7 Å². The van der Waals surface area contributed by atoms with Crippen LogP contribution in [-0.2, 0) is 4.79 Å². The maximum absolute atomic E-state index is 13.7. The molecular formula is C15H23FN4O. The topological polar surface area (TPSA) is 61.6 Å². The fraction of sp³-hybridized carbons (Fsp3) is 0.533. The van der Waals surface area contributed by atoms with Gasteiger partial charge in [-0.05, 0) is 31.5 Å². The van der Waals surface area contributed by atoms with Crippen molar-refractivity contribution in [3.05, 3.63) is 30.1 Å². The second kappa shape index (κ2) is 7.95. The van der Waals surface area contributed by atoms with E-state index in [2.05, 4.69) is 15.2 Å². The van der Waals surface area contributed by atoms with Gasteiger partial charge in [0.2, 0.25) is 5.91 Å². The van der Waals surface area contributed by atoms with Crippen LogP contribution in [0.4, 0.5) is 10.1 Å². The second-order valence-electron chi connectivity index (χ2n) is 5.30. The number of nitrogens with one attached hydrogen (secondary N) is 1. The van der Waals surface area contributed by atoms with Crippen LogP contribution in [0.3, 0.4) is 0 Å². The number of amides is 1. The van der Waals surface area contributed by atoms with Crippen LogP contribution >= 0.6 is 0 Å². The molecule has 0 bridgehead atoms. The highest BCUT2D eigenvalue weighted by molar-refractivity contribution is 5.75. The average Bonchev–Trinajstić information content (AvgIpc) is 2.52. The van der Waals surface area contributed by atoms with Crippen LogP contribution in [0.2, 0.25) is 0 Å². The third kappa shape index (κ3) is 4.68. The summed E-state index contributed by atoms with van der Waals surface area (Å²) in [5.41, 5.74) is 2.83. The Balaban J connectivity index is 1.69. The van der Waals surface area contributed by atoms with Crippen LogP contribution in [-0.4, -0.2) is 43.5 Å². The van der Waals surface area contributed by atoms with Crippen LogP contribution < -0.4 is 16.2 Å². The van der Waals surface area contributed by atoms with Crippen molar-refractivity contribution >= 4 is 11.6 Å². The number of hydrogen-bond acceptors (Lipinski definition) is 4. The first-order valence-electron chi connectivity index (χ1n) is 7.42. The maximum Gasteiger partial charge on any atom is 0.233 e. The lowest BCUT2D eigenvalue weighted by Crippen LogP contribution is -2.46. The Morgan fingerprint density at radius 1 is 1.19 bits per heavy atom. The Morgan fingerprint density at radius 3 is 2.57 bits per heavy atom. The third-order valence-corrected chi connectivity index (χ3v) is 3.85. The molecule has 0 unspecified atom stereocenters. The minimum Gasteiger partial charge on any atom is -0.367 e. The molecular weight excluding hydrogens is 271 g/mol. The number of nitrogens with two attached hydrogens (primary N) is 1. The summed E-state index contributed by atoms with van der Waals surface area (Å²) in [6.45, 7) is 4.51. The number of halogens is 1. The first-order valence-corrected chi connectivity index (χ1v) is 7.42. The standard InChI is InChI=1S/C15H23FN4O/c16-13-5-1-2-6-14(13)20-11-9-19(10-12-20)8-4-3-7-15(21)18-17/h1-2,5-6H,3-4,7-12,17H2,(H,18,21). The van der Waals surface area contributed by atoms with Gasteiger partial charge in [0.15, 0.2) is 0 Å². The van der Waals surface area contributed by atoms with E-state index in [4.69, 9.17) is 5.84 Å². The fourth-order valence-corrected chi connectivity index (χ4v) is 2.61. The molecule has 21 heavy (non-hydrogen) atoms. The molecule has 1 aliphatic heterocycles. The van der Waals surface area contributed by atoms with E-state index in [9.17, 15) is 9.18 Å². The van der Waals surface area contributed by atoms with Crippen LogP contribution in [0.5, 0.6) is 0 Å². The smallest absolute Gasteiger partial charge is 0.233 e. The van der Waals surface area contributed by atoms with Crippen molar-refractivity contribution in [1.82, 2.24) is 10.3 Å². The Morgan fingerprint density at radius 2 is 1.90 bits per heavy atom.